The van der Waals surface area contributed by atoms with Crippen molar-refractivity contribution < 1.29 is 9.53 Å². The van der Waals surface area contributed by atoms with E-state index in [1.54, 1.807) is 11.8 Å². The summed E-state index contributed by atoms with van der Waals surface area (Å²) in [6.07, 6.45) is 0. The third-order valence-corrected chi connectivity index (χ3v) is 5.31. The van der Waals surface area contributed by atoms with Crippen LogP contribution in [0, 0.1) is 0 Å². The summed E-state index contributed by atoms with van der Waals surface area (Å²) in [4.78, 5) is 14.6. The van der Waals surface area contributed by atoms with Crippen molar-refractivity contribution in [3.8, 4) is 10.4 Å². The molecule has 92 valence electrons. The first-order chi connectivity index (χ1) is 8.69. The Labute approximate surface area is 118 Å². The van der Waals surface area contributed by atoms with Crippen molar-refractivity contribution in [2.24, 2.45) is 0 Å². The summed E-state index contributed by atoms with van der Waals surface area (Å²) in [6.45, 7) is 0. The van der Waals surface area contributed by atoms with E-state index >= 15 is 0 Å². The molecule has 5 heteroatoms. The van der Waals surface area contributed by atoms with Crippen LogP contribution in [0.1, 0.15) is 15.2 Å². The van der Waals surface area contributed by atoms with Gasteiger partial charge >= 0.3 is 5.97 Å². The van der Waals surface area contributed by atoms with E-state index in [0.717, 1.165) is 21.2 Å². The molecule has 0 spiro atoms. The average Bonchev–Trinajstić information content (AvgIpc) is 2.82. The van der Waals surface area contributed by atoms with E-state index in [1.807, 2.05) is 24.3 Å². The van der Waals surface area contributed by atoms with Crippen LogP contribution in [-0.2, 0) is 10.5 Å². The standard InChI is InChI=1S/C13H9ClO2S2/c1-16-13(15)11-4-7-6-17-10-3-2-8(14)5-9(10)12(7)18-11/h2-5H,6H2,1H3. The van der Waals surface area contributed by atoms with Crippen LogP contribution in [0.5, 0.6) is 0 Å². The number of benzene rings is 1. The minimum atomic E-state index is -0.275. The largest absolute Gasteiger partial charge is 0.465 e. The van der Waals surface area contributed by atoms with E-state index in [2.05, 4.69) is 0 Å². The van der Waals surface area contributed by atoms with Crippen LogP contribution in [0.4, 0.5) is 0 Å². The molecule has 0 atom stereocenters. The zero-order valence-corrected chi connectivity index (χ0v) is 11.9. The summed E-state index contributed by atoms with van der Waals surface area (Å²) in [5, 5.41) is 0.718. The lowest BCUT2D eigenvalue weighted by atomic mass is 10.1. The van der Waals surface area contributed by atoms with Gasteiger partial charge < -0.3 is 4.74 Å². The molecular formula is C13H9ClO2S2. The smallest absolute Gasteiger partial charge is 0.348 e. The summed E-state index contributed by atoms with van der Waals surface area (Å²) in [5.74, 6) is 0.611. The van der Waals surface area contributed by atoms with Gasteiger partial charge in [-0.2, -0.15) is 0 Å². The lowest BCUT2D eigenvalue weighted by Crippen LogP contribution is -1.97. The van der Waals surface area contributed by atoms with Gasteiger partial charge in [0.1, 0.15) is 4.88 Å². The van der Waals surface area contributed by atoms with Crippen molar-refractivity contribution in [1.82, 2.24) is 0 Å². The molecule has 0 saturated heterocycles. The average molecular weight is 297 g/mol. The van der Waals surface area contributed by atoms with E-state index < -0.39 is 0 Å². The Balaban J connectivity index is 2.14. The summed E-state index contributed by atoms with van der Waals surface area (Å²) < 4.78 is 4.76. The minimum Gasteiger partial charge on any atom is -0.465 e. The Morgan fingerprint density at radius 3 is 3.00 bits per heavy atom. The van der Waals surface area contributed by atoms with Crippen LogP contribution in [0.25, 0.3) is 10.4 Å². The fourth-order valence-electron chi connectivity index (χ4n) is 1.93. The molecule has 1 aliphatic heterocycles. The molecule has 0 aliphatic carbocycles. The number of carbonyl (C=O) groups excluding carboxylic acids is 1. The highest BCUT2D eigenvalue weighted by Crippen LogP contribution is 2.46. The van der Waals surface area contributed by atoms with Crippen LogP contribution in [0.15, 0.2) is 29.2 Å². The summed E-state index contributed by atoms with van der Waals surface area (Å²) in [6, 6.07) is 7.80. The predicted octanol–water partition coefficient (Wildman–Crippen LogP) is 4.46. The summed E-state index contributed by atoms with van der Waals surface area (Å²) in [7, 11) is 1.40. The molecule has 0 bridgehead atoms. The molecule has 1 aliphatic rings. The van der Waals surface area contributed by atoms with Gasteiger partial charge in [-0.3, -0.25) is 0 Å². The van der Waals surface area contributed by atoms with E-state index in [9.17, 15) is 4.79 Å². The van der Waals surface area contributed by atoms with E-state index in [0.29, 0.717) is 4.88 Å². The van der Waals surface area contributed by atoms with Crippen molar-refractivity contribution >= 4 is 40.7 Å². The Morgan fingerprint density at radius 2 is 2.22 bits per heavy atom. The van der Waals surface area contributed by atoms with Gasteiger partial charge in [-0.05, 0) is 29.8 Å². The molecule has 18 heavy (non-hydrogen) atoms. The van der Waals surface area contributed by atoms with Gasteiger partial charge in [-0.15, -0.1) is 23.1 Å². The van der Waals surface area contributed by atoms with E-state index in [1.165, 1.54) is 28.9 Å². The number of fused-ring (bicyclic) bond motifs is 3. The third kappa shape index (κ3) is 1.94. The molecule has 0 unspecified atom stereocenters. The molecule has 0 saturated carbocycles. The first-order valence-corrected chi connectivity index (χ1v) is 7.51. The molecule has 2 nitrogen and oxygen atoms in total. The normalized spacial score (nSPS) is 12.8. The maximum Gasteiger partial charge on any atom is 0.348 e. The number of rotatable bonds is 1. The Hall–Kier alpha value is -0.970. The highest BCUT2D eigenvalue weighted by atomic mass is 35.5. The van der Waals surface area contributed by atoms with Crippen LogP contribution < -0.4 is 0 Å². The molecule has 0 N–H and O–H groups in total. The van der Waals surface area contributed by atoms with Gasteiger partial charge in [0, 0.05) is 26.1 Å². The Morgan fingerprint density at radius 1 is 1.39 bits per heavy atom. The topological polar surface area (TPSA) is 26.3 Å². The number of hydrogen-bond acceptors (Lipinski definition) is 4. The van der Waals surface area contributed by atoms with Gasteiger partial charge in [0.05, 0.1) is 7.11 Å². The van der Waals surface area contributed by atoms with Crippen LogP contribution in [0.2, 0.25) is 5.02 Å². The molecule has 3 rings (SSSR count). The first-order valence-electron chi connectivity index (χ1n) is 5.33. The van der Waals surface area contributed by atoms with Crippen molar-refractivity contribution in [3.63, 3.8) is 0 Å². The van der Waals surface area contributed by atoms with E-state index in [-0.39, 0.29) is 5.97 Å². The summed E-state index contributed by atoms with van der Waals surface area (Å²) in [5.41, 5.74) is 2.30. The minimum absolute atomic E-state index is 0.275. The van der Waals surface area contributed by atoms with Gasteiger partial charge in [-0.25, -0.2) is 4.79 Å². The first kappa shape index (κ1) is 12.1. The zero-order valence-electron chi connectivity index (χ0n) is 9.53. The predicted molar refractivity (Wildman–Crippen MR) is 75.7 cm³/mol. The van der Waals surface area contributed by atoms with Crippen molar-refractivity contribution in [2.75, 3.05) is 7.11 Å². The second-order valence-corrected chi connectivity index (χ2v) is 6.39. The molecule has 1 aromatic carbocycles. The Kier molecular flexibility index (Phi) is 3.09. The lowest BCUT2D eigenvalue weighted by Gasteiger charge is -2.15. The number of thiophene rings is 1. The number of methoxy groups -OCH3 is 1. The lowest BCUT2D eigenvalue weighted by molar-refractivity contribution is 0.0606. The fraction of sp³-hybridized carbons (Fsp3) is 0.154. The van der Waals surface area contributed by atoms with Crippen molar-refractivity contribution in [2.45, 2.75) is 10.6 Å². The second kappa shape index (κ2) is 4.61. The van der Waals surface area contributed by atoms with E-state index in [4.69, 9.17) is 16.3 Å². The molecule has 0 radical (unpaired) electrons. The molecule has 0 fully saturated rings. The summed E-state index contributed by atoms with van der Waals surface area (Å²) >= 11 is 9.29. The number of ether oxygens (including phenoxy) is 1. The number of hydrogen-bond donors (Lipinski definition) is 0. The third-order valence-electron chi connectivity index (χ3n) is 2.76. The quantitative estimate of drug-likeness (QED) is 0.727. The maximum atomic E-state index is 11.6. The number of carbonyl (C=O) groups is 1. The monoisotopic (exact) mass is 296 g/mol. The molecule has 2 aromatic rings. The number of halogens is 1. The highest BCUT2D eigenvalue weighted by molar-refractivity contribution is 7.98. The van der Waals surface area contributed by atoms with Gasteiger partial charge in [0.25, 0.3) is 0 Å². The highest BCUT2D eigenvalue weighted by Gasteiger charge is 2.22. The zero-order chi connectivity index (χ0) is 12.7. The number of thioether (sulfide) groups is 1. The molecule has 0 amide bonds. The molecule has 2 heterocycles. The van der Waals surface area contributed by atoms with Crippen molar-refractivity contribution in [1.29, 1.82) is 0 Å². The van der Waals surface area contributed by atoms with Gasteiger partial charge in [0.15, 0.2) is 0 Å². The SMILES string of the molecule is COC(=O)c1cc2c(s1)-c1cc(Cl)ccc1SC2. The van der Waals surface area contributed by atoms with Gasteiger partial charge in [0.2, 0.25) is 0 Å². The van der Waals surface area contributed by atoms with Crippen LogP contribution >= 0.6 is 34.7 Å². The van der Waals surface area contributed by atoms with Gasteiger partial charge in [-0.1, -0.05) is 11.6 Å². The molecule has 1 aromatic heterocycles. The number of esters is 1. The van der Waals surface area contributed by atoms with Crippen molar-refractivity contribution in [3.05, 3.63) is 39.7 Å². The van der Waals surface area contributed by atoms with Crippen LogP contribution in [-0.4, -0.2) is 13.1 Å². The second-order valence-electron chi connectivity index (χ2n) is 3.89. The fourth-order valence-corrected chi connectivity index (χ4v) is 4.40. The maximum absolute atomic E-state index is 11.6. The van der Waals surface area contributed by atoms with Crippen LogP contribution in [0.3, 0.4) is 0 Å². The molecular weight excluding hydrogens is 288 g/mol. The Bertz CT molecular complexity index is 634.